The molecule has 82 valence electrons. The van der Waals surface area contributed by atoms with Gasteiger partial charge in [-0.15, -0.1) is 5.10 Å². The van der Waals surface area contributed by atoms with E-state index in [1.807, 2.05) is 6.07 Å². The van der Waals surface area contributed by atoms with E-state index >= 15 is 0 Å². The first-order valence-electron chi connectivity index (χ1n) is 4.34. The number of hydrogen-bond acceptors (Lipinski definition) is 3. The molecule has 0 bridgehead atoms. The summed E-state index contributed by atoms with van der Waals surface area (Å²) in [5.41, 5.74) is -0.375. The quantitative estimate of drug-likeness (QED) is 0.928. The van der Waals surface area contributed by atoms with Crippen LogP contribution in [0.15, 0.2) is 39.6 Å². The van der Waals surface area contributed by atoms with Crippen LogP contribution >= 0.6 is 27.5 Å². The fourth-order valence-corrected chi connectivity index (χ4v) is 1.58. The third-order valence-electron chi connectivity index (χ3n) is 1.78. The zero-order valence-electron chi connectivity index (χ0n) is 7.91. The number of aromatic nitrogens is 2. The van der Waals surface area contributed by atoms with Gasteiger partial charge in [-0.05, 0) is 28.1 Å². The molecule has 0 amide bonds. The van der Waals surface area contributed by atoms with Crippen molar-refractivity contribution in [1.29, 1.82) is 0 Å². The number of H-pyrrole nitrogens is 1. The Hall–Kier alpha value is -1.33. The monoisotopic (exact) mass is 300 g/mol. The van der Waals surface area contributed by atoms with Gasteiger partial charge in [0.25, 0.3) is 5.88 Å². The van der Waals surface area contributed by atoms with Crippen molar-refractivity contribution in [3.05, 3.63) is 50.2 Å². The number of nitrogens with zero attached hydrogens (tertiary/aromatic N) is 1. The van der Waals surface area contributed by atoms with Gasteiger partial charge in [-0.1, -0.05) is 23.7 Å². The Morgan fingerprint density at radius 1 is 1.38 bits per heavy atom. The molecule has 4 nitrogen and oxygen atoms in total. The molecule has 0 fully saturated rings. The van der Waals surface area contributed by atoms with Gasteiger partial charge in [0.1, 0.15) is 10.9 Å². The van der Waals surface area contributed by atoms with E-state index in [0.717, 1.165) is 4.47 Å². The molecular weight excluding hydrogens is 295 g/mol. The van der Waals surface area contributed by atoms with Gasteiger partial charge < -0.3 is 4.74 Å². The SMILES string of the molecule is O=c1cc(Cl)[nH]nc1Oc1ccccc1Br. The summed E-state index contributed by atoms with van der Waals surface area (Å²) in [5.74, 6) is 0.471. The van der Waals surface area contributed by atoms with Crippen molar-refractivity contribution in [2.45, 2.75) is 0 Å². The number of rotatable bonds is 2. The Kier molecular flexibility index (Phi) is 3.26. The molecule has 1 aromatic heterocycles. The number of halogens is 2. The van der Waals surface area contributed by atoms with Crippen molar-refractivity contribution in [2.75, 3.05) is 0 Å². The summed E-state index contributed by atoms with van der Waals surface area (Å²) in [5, 5.41) is 6.33. The molecule has 0 spiro atoms. The topological polar surface area (TPSA) is 55.0 Å². The summed E-state index contributed by atoms with van der Waals surface area (Å²) >= 11 is 8.87. The summed E-state index contributed by atoms with van der Waals surface area (Å²) in [4.78, 5) is 11.4. The molecule has 2 rings (SSSR count). The second-order valence-electron chi connectivity index (χ2n) is 2.92. The van der Waals surface area contributed by atoms with Crippen LogP contribution in [0.5, 0.6) is 11.6 Å². The molecule has 1 heterocycles. The Labute approximate surface area is 104 Å². The Morgan fingerprint density at radius 2 is 2.12 bits per heavy atom. The van der Waals surface area contributed by atoms with Gasteiger partial charge in [0.15, 0.2) is 0 Å². The standard InChI is InChI=1S/C10H6BrClN2O2/c11-6-3-1-2-4-8(6)16-10-7(15)5-9(12)13-14-10/h1-5H,(H,13,15). The number of benzene rings is 1. The number of aromatic amines is 1. The van der Waals surface area contributed by atoms with Gasteiger partial charge in [-0.3, -0.25) is 9.89 Å². The average Bonchev–Trinajstić information content (AvgIpc) is 2.25. The predicted molar refractivity (Wildman–Crippen MR) is 64.1 cm³/mol. The molecule has 0 unspecified atom stereocenters. The highest BCUT2D eigenvalue weighted by atomic mass is 79.9. The minimum Gasteiger partial charge on any atom is -0.434 e. The average molecular weight is 302 g/mol. The first-order valence-corrected chi connectivity index (χ1v) is 5.51. The third kappa shape index (κ3) is 2.43. The number of para-hydroxylation sites is 1. The van der Waals surface area contributed by atoms with Crippen LogP contribution in [0, 0.1) is 0 Å². The molecule has 0 radical (unpaired) electrons. The minimum atomic E-state index is -0.375. The first kappa shape index (κ1) is 11.2. The highest BCUT2D eigenvalue weighted by Crippen LogP contribution is 2.26. The van der Waals surface area contributed by atoms with E-state index < -0.39 is 0 Å². The molecule has 6 heteroatoms. The molecule has 0 saturated carbocycles. The summed E-state index contributed by atoms with van der Waals surface area (Å²) < 4.78 is 6.08. The molecule has 0 atom stereocenters. The van der Waals surface area contributed by atoms with E-state index in [1.165, 1.54) is 6.07 Å². The third-order valence-corrected chi connectivity index (χ3v) is 2.62. The van der Waals surface area contributed by atoms with Gasteiger partial charge in [-0.25, -0.2) is 0 Å². The number of ether oxygens (including phenoxy) is 1. The lowest BCUT2D eigenvalue weighted by Crippen LogP contribution is -2.07. The van der Waals surface area contributed by atoms with Gasteiger partial charge in [-0.2, -0.15) is 0 Å². The lowest BCUT2D eigenvalue weighted by Gasteiger charge is -2.04. The fraction of sp³-hybridized carbons (Fsp3) is 0. The molecule has 1 aromatic carbocycles. The van der Waals surface area contributed by atoms with Crippen LogP contribution in [-0.2, 0) is 0 Å². The van der Waals surface area contributed by atoms with Crippen LogP contribution in [0.2, 0.25) is 5.15 Å². The van der Waals surface area contributed by atoms with E-state index in [2.05, 4.69) is 26.1 Å². The Morgan fingerprint density at radius 3 is 2.81 bits per heavy atom. The summed E-state index contributed by atoms with van der Waals surface area (Å²) in [6.45, 7) is 0. The van der Waals surface area contributed by atoms with Crippen molar-refractivity contribution < 1.29 is 4.74 Å². The normalized spacial score (nSPS) is 10.1. The molecular formula is C10H6BrClN2O2. The van der Waals surface area contributed by atoms with Crippen molar-refractivity contribution in [3.63, 3.8) is 0 Å². The number of nitrogens with one attached hydrogen (secondary N) is 1. The van der Waals surface area contributed by atoms with Crippen LogP contribution in [0.1, 0.15) is 0 Å². The van der Waals surface area contributed by atoms with Crippen molar-refractivity contribution >= 4 is 27.5 Å². The van der Waals surface area contributed by atoms with E-state index in [4.69, 9.17) is 16.3 Å². The maximum Gasteiger partial charge on any atom is 0.285 e. The highest BCUT2D eigenvalue weighted by Gasteiger charge is 2.07. The van der Waals surface area contributed by atoms with Crippen LogP contribution in [0.25, 0.3) is 0 Å². The van der Waals surface area contributed by atoms with Crippen molar-refractivity contribution in [1.82, 2.24) is 10.2 Å². The smallest absolute Gasteiger partial charge is 0.285 e. The van der Waals surface area contributed by atoms with E-state index in [1.54, 1.807) is 18.2 Å². The predicted octanol–water partition coefficient (Wildman–Crippen LogP) is 2.98. The van der Waals surface area contributed by atoms with Crippen molar-refractivity contribution in [3.8, 4) is 11.6 Å². The Balaban J connectivity index is 2.35. The lowest BCUT2D eigenvalue weighted by molar-refractivity contribution is 0.447. The maximum atomic E-state index is 11.4. The minimum absolute atomic E-state index is 0.0451. The zero-order chi connectivity index (χ0) is 11.5. The van der Waals surface area contributed by atoms with Crippen LogP contribution < -0.4 is 10.2 Å². The van der Waals surface area contributed by atoms with Crippen LogP contribution in [0.4, 0.5) is 0 Å². The maximum absolute atomic E-state index is 11.4. The molecule has 0 saturated heterocycles. The second-order valence-corrected chi connectivity index (χ2v) is 4.18. The first-order chi connectivity index (χ1) is 7.66. The zero-order valence-corrected chi connectivity index (χ0v) is 10.2. The van der Waals surface area contributed by atoms with Crippen molar-refractivity contribution in [2.24, 2.45) is 0 Å². The molecule has 0 aliphatic rings. The Bertz CT molecular complexity index is 571. The highest BCUT2D eigenvalue weighted by molar-refractivity contribution is 9.10. The molecule has 16 heavy (non-hydrogen) atoms. The summed E-state index contributed by atoms with van der Waals surface area (Å²) in [6, 6.07) is 8.38. The van der Waals surface area contributed by atoms with E-state index in [-0.39, 0.29) is 16.5 Å². The van der Waals surface area contributed by atoms with Gasteiger partial charge in [0.2, 0.25) is 5.43 Å². The largest absolute Gasteiger partial charge is 0.434 e. The van der Waals surface area contributed by atoms with Gasteiger partial charge in [0.05, 0.1) is 4.47 Å². The lowest BCUT2D eigenvalue weighted by atomic mass is 10.3. The second kappa shape index (κ2) is 4.67. The van der Waals surface area contributed by atoms with E-state index in [9.17, 15) is 4.79 Å². The number of hydrogen-bond donors (Lipinski definition) is 1. The van der Waals surface area contributed by atoms with E-state index in [0.29, 0.717) is 5.75 Å². The molecule has 1 N–H and O–H groups in total. The van der Waals surface area contributed by atoms with Gasteiger partial charge in [0, 0.05) is 6.07 Å². The molecule has 0 aliphatic carbocycles. The molecule has 2 aromatic rings. The van der Waals surface area contributed by atoms with Gasteiger partial charge >= 0.3 is 0 Å². The van der Waals surface area contributed by atoms with Crippen LogP contribution in [-0.4, -0.2) is 10.2 Å². The fourth-order valence-electron chi connectivity index (χ4n) is 1.07. The summed E-state index contributed by atoms with van der Waals surface area (Å²) in [6.07, 6.45) is 0. The molecule has 0 aliphatic heterocycles. The summed E-state index contributed by atoms with van der Waals surface area (Å²) in [7, 11) is 0. The van der Waals surface area contributed by atoms with Crippen LogP contribution in [0.3, 0.4) is 0 Å².